The molecule has 6 nitrogen and oxygen atoms in total. The molecule has 0 bridgehead atoms. The van der Waals surface area contributed by atoms with Gasteiger partial charge in [-0.05, 0) is 12.8 Å². The predicted octanol–water partition coefficient (Wildman–Crippen LogP) is 1.21. The number of halogens is 3. The van der Waals surface area contributed by atoms with Crippen LogP contribution in [0, 0.1) is 5.92 Å². The number of hydrazine groups is 1. The van der Waals surface area contributed by atoms with Crippen molar-refractivity contribution in [3.05, 3.63) is 11.8 Å². The molecule has 0 aromatic carbocycles. The van der Waals surface area contributed by atoms with Crippen LogP contribution in [0.3, 0.4) is 0 Å². The van der Waals surface area contributed by atoms with Crippen LogP contribution in [0.5, 0.6) is 0 Å². The second kappa shape index (κ2) is 6.02. The lowest BCUT2D eigenvalue weighted by molar-refractivity contribution is -0.141. The molecule has 0 amide bonds. The van der Waals surface area contributed by atoms with E-state index in [4.69, 9.17) is 10.9 Å². The van der Waals surface area contributed by atoms with Gasteiger partial charge in [-0.1, -0.05) is 6.92 Å². The monoisotopic (exact) mass is 279 g/mol. The molecular formula is C10H16F3N5O. The van der Waals surface area contributed by atoms with E-state index < -0.39 is 11.9 Å². The summed E-state index contributed by atoms with van der Waals surface area (Å²) in [5.74, 6) is 4.55. The number of alkyl halides is 3. The number of rotatable bonds is 5. The Morgan fingerprint density at radius 3 is 2.47 bits per heavy atom. The SMILES string of the molecule is CC(CO)C(C)Nc1cc(C(F)(F)F)nc(NN)n1. The van der Waals surface area contributed by atoms with Crippen molar-refractivity contribution in [1.29, 1.82) is 0 Å². The molecule has 1 aromatic heterocycles. The molecule has 19 heavy (non-hydrogen) atoms. The molecule has 1 aromatic rings. The Balaban J connectivity index is 3.01. The largest absolute Gasteiger partial charge is 0.433 e. The number of nitrogens with one attached hydrogen (secondary N) is 2. The van der Waals surface area contributed by atoms with Crippen LogP contribution in [0.4, 0.5) is 24.9 Å². The van der Waals surface area contributed by atoms with E-state index >= 15 is 0 Å². The summed E-state index contributed by atoms with van der Waals surface area (Å²) in [5, 5.41) is 11.8. The molecule has 2 atom stereocenters. The zero-order valence-corrected chi connectivity index (χ0v) is 10.5. The van der Waals surface area contributed by atoms with Gasteiger partial charge in [0, 0.05) is 18.7 Å². The first-order valence-corrected chi connectivity index (χ1v) is 5.58. The van der Waals surface area contributed by atoms with Crippen LogP contribution < -0.4 is 16.6 Å². The highest BCUT2D eigenvalue weighted by molar-refractivity contribution is 5.43. The standard InChI is InChI=1S/C10H16F3N5O/c1-5(4-19)6(2)15-8-3-7(10(11,12)13)16-9(17-8)18-14/h3,5-6,19H,4,14H2,1-2H3,(H2,15,16,17,18). The molecule has 0 saturated heterocycles. The summed E-state index contributed by atoms with van der Waals surface area (Å²) in [7, 11) is 0. The van der Waals surface area contributed by atoms with E-state index in [1.54, 1.807) is 13.8 Å². The first-order chi connectivity index (χ1) is 8.77. The third-order valence-corrected chi connectivity index (χ3v) is 2.66. The molecule has 0 aliphatic heterocycles. The van der Waals surface area contributed by atoms with Gasteiger partial charge in [-0.3, -0.25) is 5.43 Å². The van der Waals surface area contributed by atoms with Crippen LogP contribution in [0.25, 0.3) is 0 Å². The minimum absolute atomic E-state index is 0.0110. The second-order valence-corrected chi connectivity index (χ2v) is 4.20. The molecule has 108 valence electrons. The van der Waals surface area contributed by atoms with Gasteiger partial charge in [0.05, 0.1) is 0 Å². The van der Waals surface area contributed by atoms with Gasteiger partial charge in [0.2, 0.25) is 5.95 Å². The molecular weight excluding hydrogens is 263 g/mol. The summed E-state index contributed by atoms with van der Waals surface area (Å²) in [6.07, 6.45) is -4.59. The zero-order chi connectivity index (χ0) is 14.6. The number of aromatic nitrogens is 2. The molecule has 0 saturated carbocycles. The van der Waals surface area contributed by atoms with E-state index in [2.05, 4.69) is 15.3 Å². The van der Waals surface area contributed by atoms with Crippen molar-refractivity contribution in [2.45, 2.75) is 26.1 Å². The maximum absolute atomic E-state index is 12.6. The maximum atomic E-state index is 12.6. The number of anilines is 2. The molecule has 0 aliphatic rings. The highest BCUT2D eigenvalue weighted by Gasteiger charge is 2.33. The van der Waals surface area contributed by atoms with Gasteiger partial charge in [-0.2, -0.15) is 18.2 Å². The maximum Gasteiger partial charge on any atom is 0.433 e. The van der Waals surface area contributed by atoms with Crippen LogP contribution in [0.1, 0.15) is 19.5 Å². The van der Waals surface area contributed by atoms with Crippen LogP contribution in [0.15, 0.2) is 6.07 Å². The van der Waals surface area contributed by atoms with Gasteiger partial charge in [0.15, 0.2) is 5.69 Å². The van der Waals surface area contributed by atoms with E-state index in [0.29, 0.717) is 0 Å². The Kier molecular flexibility index (Phi) is 4.90. The van der Waals surface area contributed by atoms with E-state index in [1.165, 1.54) is 0 Å². The van der Waals surface area contributed by atoms with Crippen molar-refractivity contribution in [3.8, 4) is 0 Å². The summed E-state index contributed by atoms with van der Waals surface area (Å²) in [4.78, 5) is 7.02. The van der Waals surface area contributed by atoms with Crippen LogP contribution in [-0.4, -0.2) is 27.7 Å². The summed E-state index contributed by atoms with van der Waals surface area (Å²) in [5.41, 5.74) is 0.889. The Morgan fingerprint density at radius 2 is 2.00 bits per heavy atom. The average Bonchev–Trinajstić information content (AvgIpc) is 2.36. The fraction of sp³-hybridized carbons (Fsp3) is 0.600. The van der Waals surface area contributed by atoms with Crippen molar-refractivity contribution < 1.29 is 18.3 Å². The van der Waals surface area contributed by atoms with Crippen molar-refractivity contribution in [2.24, 2.45) is 11.8 Å². The number of aliphatic hydroxyl groups is 1. The highest BCUT2D eigenvalue weighted by atomic mass is 19.4. The van der Waals surface area contributed by atoms with E-state index in [-0.39, 0.29) is 30.3 Å². The van der Waals surface area contributed by atoms with Crippen molar-refractivity contribution in [3.63, 3.8) is 0 Å². The molecule has 5 N–H and O–H groups in total. The number of nitrogen functional groups attached to an aromatic ring is 1. The first kappa shape index (κ1) is 15.4. The van der Waals surface area contributed by atoms with Crippen molar-refractivity contribution in [1.82, 2.24) is 9.97 Å². The normalized spacial score (nSPS) is 14.9. The third-order valence-electron chi connectivity index (χ3n) is 2.66. The minimum atomic E-state index is -4.59. The highest BCUT2D eigenvalue weighted by Crippen LogP contribution is 2.29. The number of hydrogen-bond acceptors (Lipinski definition) is 6. The lowest BCUT2D eigenvalue weighted by atomic mass is 10.1. The molecule has 0 radical (unpaired) electrons. The Bertz CT molecular complexity index is 426. The molecule has 9 heteroatoms. The number of aliphatic hydroxyl groups excluding tert-OH is 1. The summed E-state index contributed by atoms with van der Waals surface area (Å²) in [6.45, 7) is 3.39. The molecule has 2 unspecified atom stereocenters. The number of hydrogen-bond donors (Lipinski definition) is 4. The molecule has 0 spiro atoms. The topological polar surface area (TPSA) is 96.1 Å². The zero-order valence-electron chi connectivity index (χ0n) is 10.5. The van der Waals surface area contributed by atoms with Crippen LogP contribution in [0.2, 0.25) is 0 Å². The van der Waals surface area contributed by atoms with Gasteiger partial charge >= 0.3 is 6.18 Å². The smallest absolute Gasteiger partial charge is 0.396 e. The Labute approximate surface area is 108 Å². The Hall–Kier alpha value is -1.61. The lowest BCUT2D eigenvalue weighted by Gasteiger charge is -2.20. The number of nitrogens with two attached hydrogens (primary N) is 1. The quantitative estimate of drug-likeness (QED) is 0.478. The summed E-state index contributed by atoms with van der Waals surface area (Å²) >= 11 is 0. The third kappa shape index (κ3) is 4.21. The lowest BCUT2D eigenvalue weighted by Crippen LogP contribution is -2.27. The second-order valence-electron chi connectivity index (χ2n) is 4.20. The summed E-state index contributed by atoms with van der Waals surface area (Å²) in [6, 6.07) is 0.535. The van der Waals surface area contributed by atoms with Gasteiger partial charge in [0.25, 0.3) is 0 Å². The van der Waals surface area contributed by atoms with Gasteiger partial charge in [-0.25, -0.2) is 10.8 Å². The van der Waals surface area contributed by atoms with E-state index in [0.717, 1.165) is 6.07 Å². The van der Waals surface area contributed by atoms with Crippen LogP contribution >= 0.6 is 0 Å². The van der Waals surface area contributed by atoms with Gasteiger partial charge < -0.3 is 10.4 Å². The van der Waals surface area contributed by atoms with Gasteiger partial charge in [-0.15, -0.1) is 0 Å². The average molecular weight is 279 g/mol. The van der Waals surface area contributed by atoms with E-state index in [1.807, 2.05) is 5.43 Å². The minimum Gasteiger partial charge on any atom is -0.396 e. The van der Waals surface area contributed by atoms with Crippen LogP contribution in [-0.2, 0) is 6.18 Å². The Morgan fingerprint density at radius 1 is 1.37 bits per heavy atom. The molecule has 0 fully saturated rings. The fourth-order valence-electron chi connectivity index (χ4n) is 1.26. The molecule has 1 rings (SSSR count). The predicted molar refractivity (Wildman–Crippen MR) is 64.2 cm³/mol. The first-order valence-electron chi connectivity index (χ1n) is 5.58. The van der Waals surface area contributed by atoms with Crippen molar-refractivity contribution >= 4 is 11.8 Å². The molecule has 1 heterocycles. The molecule has 0 aliphatic carbocycles. The summed E-state index contributed by atoms with van der Waals surface area (Å²) < 4.78 is 37.9. The van der Waals surface area contributed by atoms with Crippen molar-refractivity contribution in [2.75, 3.05) is 17.3 Å². The number of nitrogens with zero attached hydrogens (tertiary/aromatic N) is 2. The fourth-order valence-corrected chi connectivity index (χ4v) is 1.26. The van der Waals surface area contributed by atoms with E-state index in [9.17, 15) is 13.2 Å². The van der Waals surface area contributed by atoms with Gasteiger partial charge in [0.1, 0.15) is 5.82 Å².